The summed E-state index contributed by atoms with van der Waals surface area (Å²) in [6.45, 7) is 4.31. The summed E-state index contributed by atoms with van der Waals surface area (Å²) in [6.07, 6.45) is 7.74. The molecule has 1 aliphatic rings. The van der Waals surface area contributed by atoms with Crippen molar-refractivity contribution in [1.29, 1.82) is 0 Å². The zero-order valence-corrected chi connectivity index (χ0v) is 13.5. The van der Waals surface area contributed by atoms with Crippen molar-refractivity contribution >= 4 is 23.5 Å². The monoisotopic (exact) mass is 309 g/mol. The molecule has 1 aromatic heterocycles. The van der Waals surface area contributed by atoms with Gasteiger partial charge in [0.2, 0.25) is 0 Å². The van der Waals surface area contributed by atoms with Gasteiger partial charge >= 0.3 is 5.97 Å². The van der Waals surface area contributed by atoms with Crippen molar-refractivity contribution in [1.82, 2.24) is 9.97 Å². The molecule has 2 unspecified atom stereocenters. The minimum atomic E-state index is -0.462. The Balaban J connectivity index is 2.07. The second-order valence-electron chi connectivity index (χ2n) is 5.28. The van der Waals surface area contributed by atoms with Gasteiger partial charge in [-0.3, -0.25) is 0 Å². The average Bonchev–Trinajstić information content (AvgIpc) is 2.48. The van der Waals surface area contributed by atoms with Gasteiger partial charge in [-0.1, -0.05) is 37.9 Å². The van der Waals surface area contributed by atoms with Crippen molar-refractivity contribution in [3.05, 3.63) is 11.8 Å². The third-order valence-corrected chi connectivity index (χ3v) is 5.24. The van der Waals surface area contributed by atoms with E-state index in [1.807, 2.05) is 0 Å². The molecule has 116 valence electrons. The largest absolute Gasteiger partial charge is 0.462 e. The summed E-state index contributed by atoms with van der Waals surface area (Å²) >= 11 is 1.69. The maximum Gasteiger partial charge on any atom is 0.343 e. The molecular formula is C15H23N3O2S. The fourth-order valence-electron chi connectivity index (χ4n) is 2.73. The number of nitrogens with two attached hydrogens (primary N) is 1. The van der Waals surface area contributed by atoms with Gasteiger partial charge in [0.1, 0.15) is 11.4 Å². The van der Waals surface area contributed by atoms with E-state index >= 15 is 0 Å². The number of esters is 1. The van der Waals surface area contributed by atoms with Crippen LogP contribution < -0.4 is 5.73 Å². The van der Waals surface area contributed by atoms with Crippen LogP contribution in [0.3, 0.4) is 0 Å². The number of carbonyl (C=O) groups is 1. The van der Waals surface area contributed by atoms with Gasteiger partial charge in [-0.15, -0.1) is 0 Å². The van der Waals surface area contributed by atoms with E-state index in [1.165, 1.54) is 38.3 Å². The lowest BCUT2D eigenvalue weighted by atomic mass is 9.87. The Morgan fingerprint density at radius 2 is 2.19 bits per heavy atom. The number of ether oxygens (including phenoxy) is 1. The van der Waals surface area contributed by atoms with Crippen LogP contribution in [0.5, 0.6) is 0 Å². The standard InChI is InChI=1S/C15H23N3O2S/c1-3-10-7-5-6-8-12(10)21-15-17-9-11(13(16)18-15)14(19)20-4-2/h9-10,12H,3-8H2,1-2H3,(H2,16,17,18). The van der Waals surface area contributed by atoms with Gasteiger partial charge in [-0.05, 0) is 25.7 Å². The highest BCUT2D eigenvalue weighted by atomic mass is 32.2. The van der Waals surface area contributed by atoms with Crippen LogP contribution >= 0.6 is 11.8 Å². The normalized spacial score (nSPS) is 22.0. The van der Waals surface area contributed by atoms with Gasteiger partial charge in [-0.25, -0.2) is 14.8 Å². The lowest BCUT2D eigenvalue weighted by Crippen LogP contribution is -2.21. The summed E-state index contributed by atoms with van der Waals surface area (Å²) in [5.74, 6) is 0.462. The molecule has 0 saturated heterocycles. The van der Waals surface area contributed by atoms with Crippen LogP contribution in [0.15, 0.2) is 11.4 Å². The van der Waals surface area contributed by atoms with Crippen LogP contribution in [0.1, 0.15) is 56.3 Å². The summed E-state index contributed by atoms with van der Waals surface area (Å²) in [4.78, 5) is 20.2. The van der Waals surface area contributed by atoms with E-state index in [-0.39, 0.29) is 11.4 Å². The van der Waals surface area contributed by atoms with Crippen molar-refractivity contribution in [2.75, 3.05) is 12.3 Å². The molecule has 0 amide bonds. The third kappa shape index (κ3) is 4.09. The van der Waals surface area contributed by atoms with E-state index < -0.39 is 5.97 Å². The molecule has 21 heavy (non-hydrogen) atoms. The molecule has 0 aliphatic heterocycles. The summed E-state index contributed by atoms with van der Waals surface area (Å²) in [7, 11) is 0. The summed E-state index contributed by atoms with van der Waals surface area (Å²) in [6, 6.07) is 0. The molecule has 2 atom stereocenters. The molecule has 0 radical (unpaired) electrons. The highest BCUT2D eigenvalue weighted by molar-refractivity contribution is 7.99. The summed E-state index contributed by atoms with van der Waals surface area (Å²) in [5.41, 5.74) is 6.11. The molecule has 0 aromatic carbocycles. The Kier molecular flexibility index (Phi) is 5.85. The van der Waals surface area contributed by atoms with E-state index in [0.717, 1.165) is 5.92 Å². The summed E-state index contributed by atoms with van der Waals surface area (Å²) < 4.78 is 4.93. The fourth-order valence-corrected chi connectivity index (χ4v) is 4.07. The molecule has 1 heterocycles. The van der Waals surface area contributed by atoms with Crippen molar-refractivity contribution in [3.63, 3.8) is 0 Å². The first-order valence-electron chi connectivity index (χ1n) is 7.62. The number of thioether (sulfide) groups is 1. The number of rotatable bonds is 5. The Bertz CT molecular complexity index is 496. The molecule has 1 fully saturated rings. The van der Waals surface area contributed by atoms with Crippen LogP contribution in [0.4, 0.5) is 5.82 Å². The lowest BCUT2D eigenvalue weighted by molar-refractivity contribution is 0.0526. The number of nitrogen functional groups attached to an aromatic ring is 1. The minimum Gasteiger partial charge on any atom is -0.462 e. The number of aromatic nitrogens is 2. The lowest BCUT2D eigenvalue weighted by Gasteiger charge is -2.29. The number of anilines is 1. The Morgan fingerprint density at radius 1 is 1.43 bits per heavy atom. The van der Waals surface area contributed by atoms with Crippen LogP contribution in [0.2, 0.25) is 0 Å². The Hall–Kier alpha value is -1.30. The molecule has 0 bridgehead atoms. The maximum absolute atomic E-state index is 11.7. The zero-order valence-electron chi connectivity index (χ0n) is 12.7. The first kappa shape index (κ1) is 16.1. The van der Waals surface area contributed by atoms with E-state index in [0.29, 0.717) is 17.0 Å². The van der Waals surface area contributed by atoms with Crippen molar-refractivity contribution in [2.45, 2.75) is 56.4 Å². The van der Waals surface area contributed by atoms with Gasteiger partial charge < -0.3 is 10.5 Å². The molecule has 2 rings (SSSR count). The number of carbonyl (C=O) groups excluding carboxylic acids is 1. The van der Waals surface area contributed by atoms with Crippen LogP contribution in [-0.2, 0) is 4.74 Å². The number of nitrogens with zero attached hydrogens (tertiary/aromatic N) is 2. The van der Waals surface area contributed by atoms with Gasteiger partial charge in [0.25, 0.3) is 0 Å². The van der Waals surface area contributed by atoms with Crippen LogP contribution in [0.25, 0.3) is 0 Å². The van der Waals surface area contributed by atoms with Gasteiger partial charge in [0, 0.05) is 11.4 Å². The smallest absolute Gasteiger partial charge is 0.343 e. The topological polar surface area (TPSA) is 78.1 Å². The van der Waals surface area contributed by atoms with Crippen molar-refractivity contribution in [3.8, 4) is 0 Å². The van der Waals surface area contributed by atoms with E-state index in [1.54, 1.807) is 18.7 Å². The Morgan fingerprint density at radius 3 is 2.86 bits per heavy atom. The number of hydrogen-bond donors (Lipinski definition) is 1. The molecule has 1 aromatic rings. The van der Waals surface area contributed by atoms with Gasteiger partial charge in [-0.2, -0.15) is 0 Å². The molecular weight excluding hydrogens is 286 g/mol. The maximum atomic E-state index is 11.7. The first-order chi connectivity index (χ1) is 10.2. The third-order valence-electron chi connectivity index (χ3n) is 3.91. The SMILES string of the molecule is CCOC(=O)c1cnc(SC2CCCCC2CC)nc1N. The predicted molar refractivity (Wildman–Crippen MR) is 84.3 cm³/mol. The molecule has 1 saturated carbocycles. The van der Waals surface area contributed by atoms with E-state index in [2.05, 4.69) is 16.9 Å². The minimum absolute atomic E-state index is 0.204. The Labute approximate surface area is 130 Å². The molecule has 5 nitrogen and oxygen atoms in total. The molecule has 0 spiro atoms. The highest BCUT2D eigenvalue weighted by Gasteiger charge is 2.26. The average molecular weight is 309 g/mol. The van der Waals surface area contributed by atoms with Crippen LogP contribution in [0, 0.1) is 5.92 Å². The quantitative estimate of drug-likeness (QED) is 0.664. The fraction of sp³-hybridized carbons (Fsp3) is 0.667. The predicted octanol–water partition coefficient (Wildman–Crippen LogP) is 3.30. The first-order valence-corrected chi connectivity index (χ1v) is 8.50. The highest BCUT2D eigenvalue weighted by Crippen LogP contribution is 2.37. The summed E-state index contributed by atoms with van der Waals surface area (Å²) in [5, 5.41) is 1.21. The van der Waals surface area contributed by atoms with Crippen molar-refractivity contribution < 1.29 is 9.53 Å². The van der Waals surface area contributed by atoms with Crippen LogP contribution in [-0.4, -0.2) is 27.8 Å². The number of hydrogen-bond acceptors (Lipinski definition) is 6. The molecule has 2 N–H and O–H groups in total. The van der Waals surface area contributed by atoms with Crippen molar-refractivity contribution in [2.24, 2.45) is 5.92 Å². The van der Waals surface area contributed by atoms with Gasteiger partial charge in [0.05, 0.1) is 6.61 Å². The molecule has 6 heteroatoms. The van der Waals surface area contributed by atoms with E-state index in [4.69, 9.17) is 10.5 Å². The van der Waals surface area contributed by atoms with Gasteiger partial charge in [0.15, 0.2) is 5.16 Å². The molecule has 1 aliphatic carbocycles. The van der Waals surface area contributed by atoms with E-state index in [9.17, 15) is 4.79 Å². The second-order valence-corrected chi connectivity index (χ2v) is 6.49. The zero-order chi connectivity index (χ0) is 15.2. The second kappa shape index (κ2) is 7.64.